The van der Waals surface area contributed by atoms with Gasteiger partial charge in [0, 0.05) is 19.3 Å². The van der Waals surface area contributed by atoms with Gasteiger partial charge < -0.3 is 18.8 Å². The number of carbonyl (C=O) groups is 2. The smallest absolute Gasteiger partial charge is 0.341 e. The van der Waals surface area contributed by atoms with Crippen molar-refractivity contribution in [2.75, 3.05) is 20.3 Å². The summed E-state index contributed by atoms with van der Waals surface area (Å²) in [6.07, 6.45) is 8.59. The van der Waals surface area contributed by atoms with E-state index in [4.69, 9.17) is 19.2 Å². The molecule has 1 amide bonds. The van der Waals surface area contributed by atoms with Crippen LogP contribution < -0.4 is 11.0 Å². The maximum absolute atomic E-state index is 13.4. The summed E-state index contributed by atoms with van der Waals surface area (Å²) in [6.45, 7) is 9.99. The first-order valence-electron chi connectivity index (χ1n) is 12.7. The van der Waals surface area contributed by atoms with Gasteiger partial charge in [-0.15, -0.1) is 0 Å². The van der Waals surface area contributed by atoms with Crippen molar-refractivity contribution in [1.29, 1.82) is 0 Å². The predicted molar refractivity (Wildman–Crippen MR) is 148 cm³/mol. The first-order chi connectivity index (χ1) is 18.8. The third kappa shape index (κ3) is 7.38. The zero-order valence-corrected chi connectivity index (χ0v) is 22.8. The van der Waals surface area contributed by atoms with Crippen LogP contribution in [0.3, 0.4) is 0 Å². The quantitative estimate of drug-likeness (QED) is 0.114. The van der Waals surface area contributed by atoms with Gasteiger partial charge in [-0.3, -0.25) is 14.0 Å². The van der Waals surface area contributed by atoms with Gasteiger partial charge in [0.25, 0.3) is 11.5 Å². The number of fused-ring (bicyclic) bond motifs is 2. The predicted octanol–water partition coefficient (Wildman–Crippen LogP) is 3.73. The largest absolute Gasteiger partial charge is 0.497 e. The summed E-state index contributed by atoms with van der Waals surface area (Å²) in [7, 11) is 1.49. The first-order valence-corrected chi connectivity index (χ1v) is 12.7. The van der Waals surface area contributed by atoms with E-state index in [1.165, 1.54) is 17.6 Å². The van der Waals surface area contributed by atoms with Gasteiger partial charge in [-0.25, -0.2) is 9.78 Å². The molecule has 3 aromatic rings. The number of carbonyl (C=O) groups excluding carboxylic acids is 2. The number of hydrogen-bond donors (Lipinski definition) is 0. The molecule has 0 aliphatic carbocycles. The van der Waals surface area contributed by atoms with E-state index in [-0.39, 0.29) is 41.1 Å². The Labute approximate surface area is 226 Å². The number of allylic oxidation sites excluding steroid dienone is 3. The molecule has 39 heavy (non-hydrogen) atoms. The summed E-state index contributed by atoms with van der Waals surface area (Å²) in [5, 5.41) is 0.203. The Morgan fingerprint density at radius 2 is 2.05 bits per heavy atom. The van der Waals surface area contributed by atoms with E-state index in [0.717, 1.165) is 0 Å². The number of methoxy groups -OCH3 is 1. The average Bonchev–Trinajstić information content (AvgIpc) is 2.92. The number of aryl methyl sites for hydroxylation is 1. The molecule has 206 valence electrons. The van der Waals surface area contributed by atoms with E-state index >= 15 is 0 Å². The molecule has 0 aromatic carbocycles. The molecule has 0 bridgehead atoms. The molecule has 0 atom stereocenters. The van der Waals surface area contributed by atoms with Crippen molar-refractivity contribution in [3.63, 3.8) is 0 Å². The van der Waals surface area contributed by atoms with Crippen molar-refractivity contribution in [2.24, 2.45) is 4.99 Å². The summed E-state index contributed by atoms with van der Waals surface area (Å²) in [5.74, 6) is -0.758. The summed E-state index contributed by atoms with van der Waals surface area (Å²) in [6, 6.07) is 6.61. The molecule has 10 heteroatoms. The Balaban J connectivity index is 2.28. The van der Waals surface area contributed by atoms with Crippen LogP contribution in [-0.2, 0) is 25.5 Å². The van der Waals surface area contributed by atoms with Gasteiger partial charge in [-0.05, 0) is 57.5 Å². The number of nitrogens with zero attached hydrogens (tertiary/aromatic N) is 4. The topological polar surface area (TPSA) is 113 Å². The Hall–Kier alpha value is -4.31. The molecule has 0 radical (unpaired) electrons. The lowest BCUT2D eigenvalue weighted by molar-refractivity contribution is -0.117. The molecule has 0 spiro atoms. The van der Waals surface area contributed by atoms with Crippen LogP contribution in [-0.4, -0.2) is 52.3 Å². The number of pyridine rings is 2. The van der Waals surface area contributed by atoms with Gasteiger partial charge in [0.05, 0.1) is 31.6 Å². The van der Waals surface area contributed by atoms with E-state index in [1.807, 2.05) is 13.8 Å². The van der Waals surface area contributed by atoms with Crippen molar-refractivity contribution < 1.29 is 23.8 Å². The van der Waals surface area contributed by atoms with Gasteiger partial charge in [0.15, 0.2) is 5.49 Å². The molecule has 0 saturated carbocycles. The Bertz CT molecular complexity index is 1550. The summed E-state index contributed by atoms with van der Waals surface area (Å²) >= 11 is 0. The minimum Gasteiger partial charge on any atom is -0.497 e. The van der Waals surface area contributed by atoms with Gasteiger partial charge in [0.1, 0.15) is 22.6 Å². The second-order valence-corrected chi connectivity index (χ2v) is 8.73. The normalized spacial score (nSPS) is 12.5. The number of hydrogen-bond acceptors (Lipinski definition) is 7. The average molecular weight is 535 g/mol. The first kappa shape index (κ1) is 29.2. The van der Waals surface area contributed by atoms with E-state index in [0.29, 0.717) is 36.6 Å². The molecule has 0 fully saturated rings. The highest BCUT2D eigenvalue weighted by atomic mass is 16.5. The van der Waals surface area contributed by atoms with Gasteiger partial charge in [0.2, 0.25) is 0 Å². The van der Waals surface area contributed by atoms with Crippen LogP contribution in [0.5, 0.6) is 0 Å². The standard InChI is InChI=1S/C29H34N4O6/c1-6-8-12-21(37-5)14-15-25(34)31-27-23(29(36)38-7-2)19-22-26(33(27)17-11-18-39-20(3)4)30-24-13-9-10-16-32(24)28(22)35/h6,8-10,12-14,16,19-20H,1,7,11,15,17-18H2,2-5H3/b12-8+,21-14-,31-27?. The van der Waals surface area contributed by atoms with Crippen molar-refractivity contribution in [2.45, 2.75) is 46.3 Å². The molecular formula is C29H34N4O6. The molecule has 0 aliphatic rings. The second kappa shape index (κ2) is 14.0. The fraction of sp³-hybridized carbons (Fsp3) is 0.345. The third-order valence-electron chi connectivity index (χ3n) is 5.60. The maximum atomic E-state index is 13.4. The lowest BCUT2D eigenvalue weighted by Gasteiger charge is -2.15. The van der Waals surface area contributed by atoms with Crippen molar-refractivity contribution >= 4 is 28.6 Å². The maximum Gasteiger partial charge on any atom is 0.341 e. The van der Waals surface area contributed by atoms with Gasteiger partial charge in [-0.2, -0.15) is 4.99 Å². The monoisotopic (exact) mass is 534 g/mol. The van der Waals surface area contributed by atoms with Crippen LogP contribution in [0.25, 0.3) is 16.7 Å². The summed E-state index contributed by atoms with van der Waals surface area (Å²) in [4.78, 5) is 48.5. The highest BCUT2D eigenvalue weighted by Crippen LogP contribution is 2.12. The lowest BCUT2D eigenvalue weighted by Crippen LogP contribution is -2.33. The highest BCUT2D eigenvalue weighted by molar-refractivity contribution is 5.93. The van der Waals surface area contributed by atoms with Crippen LogP contribution in [0.15, 0.2) is 76.9 Å². The van der Waals surface area contributed by atoms with Gasteiger partial charge >= 0.3 is 5.97 Å². The second-order valence-electron chi connectivity index (χ2n) is 8.73. The molecule has 0 saturated heterocycles. The molecule has 3 rings (SSSR count). The molecule has 0 aliphatic heterocycles. The summed E-state index contributed by atoms with van der Waals surface area (Å²) in [5.41, 5.74) is 0.437. The van der Waals surface area contributed by atoms with E-state index in [2.05, 4.69) is 11.6 Å². The van der Waals surface area contributed by atoms with Crippen LogP contribution >= 0.6 is 0 Å². The number of aromatic nitrogens is 3. The minimum atomic E-state index is -0.697. The molecule has 0 N–H and O–H groups in total. The van der Waals surface area contributed by atoms with E-state index < -0.39 is 11.9 Å². The number of ether oxygens (including phenoxy) is 3. The lowest BCUT2D eigenvalue weighted by atomic mass is 10.2. The van der Waals surface area contributed by atoms with E-state index in [1.54, 1.807) is 60.2 Å². The van der Waals surface area contributed by atoms with Crippen molar-refractivity contribution in [3.8, 4) is 0 Å². The van der Waals surface area contributed by atoms with Gasteiger partial charge in [-0.1, -0.05) is 24.8 Å². The Kier molecular flexibility index (Phi) is 10.5. The third-order valence-corrected chi connectivity index (χ3v) is 5.60. The van der Waals surface area contributed by atoms with Crippen molar-refractivity contribution in [3.05, 3.63) is 88.5 Å². The van der Waals surface area contributed by atoms with Crippen LogP contribution in [0.1, 0.15) is 44.0 Å². The zero-order valence-electron chi connectivity index (χ0n) is 22.8. The molecule has 3 heterocycles. The van der Waals surface area contributed by atoms with Crippen LogP contribution in [0.4, 0.5) is 0 Å². The fourth-order valence-corrected chi connectivity index (χ4v) is 3.84. The Morgan fingerprint density at radius 3 is 2.74 bits per heavy atom. The highest BCUT2D eigenvalue weighted by Gasteiger charge is 2.20. The van der Waals surface area contributed by atoms with E-state index in [9.17, 15) is 14.4 Å². The number of amides is 1. The fourth-order valence-electron chi connectivity index (χ4n) is 3.84. The zero-order chi connectivity index (χ0) is 28.4. The van der Waals surface area contributed by atoms with Crippen LogP contribution in [0.2, 0.25) is 0 Å². The Morgan fingerprint density at radius 1 is 1.26 bits per heavy atom. The van der Waals surface area contributed by atoms with Crippen molar-refractivity contribution in [1.82, 2.24) is 14.0 Å². The minimum absolute atomic E-state index is 0.000225. The molecule has 3 aromatic heterocycles. The SMILES string of the molecule is C=C/C=C/C(=C/CC(=O)N=c1c(C(=O)OCC)cc2c(=O)n3ccccc3nc2n1CCCOC(C)C)OC. The molecular weight excluding hydrogens is 500 g/mol. The number of rotatable bonds is 12. The van der Waals surface area contributed by atoms with Crippen LogP contribution in [0, 0.1) is 0 Å². The molecule has 10 nitrogen and oxygen atoms in total. The number of esters is 1. The summed E-state index contributed by atoms with van der Waals surface area (Å²) < 4.78 is 19.2. The molecule has 0 unspecified atom stereocenters.